The van der Waals surface area contributed by atoms with Crippen molar-refractivity contribution in [3.8, 4) is 16.9 Å². The zero-order chi connectivity index (χ0) is 21.8. The predicted octanol–water partition coefficient (Wildman–Crippen LogP) is 4.23. The van der Waals surface area contributed by atoms with E-state index in [0.29, 0.717) is 16.8 Å². The van der Waals surface area contributed by atoms with Gasteiger partial charge in [-0.25, -0.2) is 4.68 Å². The summed E-state index contributed by atoms with van der Waals surface area (Å²) in [5, 5.41) is 4.62. The van der Waals surface area contributed by atoms with E-state index in [9.17, 15) is 9.59 Å². The van der Waals surface area contributed by atoms with Crippen molar-refractivity contribution in [2.45, 2.75) is 13.8 Å². The lowest BCUT2D eigenvalue weighted by Crippen LogP contribution is -2.42. The highest BCUT2D eigenvalue weighted by Crippen LogP contribution is 2.23. The Hall–Kier alpha value is -4.19. The number of hydrogen-bond acceptors (Lipinski definition) is 3. The van der Waals surface area contributed by atoms with E-state index >= 15 is 0 Å². The number of hydrazine groups is 1. The van der Waals surface area contributed by atoms with Gasteiger partial charge in [-0.2, -0.15) is 5.10 Å². The van der Waals surface area contributed by atoms with Crippen molar-refractivity contribution in [3.63, 3.8) is 0 Å². The number of amides is 2. The average molecular weight is 410 g/mol. The molecule has 0 unspecified atom stereocenters. The van der Waals surface area contributed by atoms with Crippen LogP contribution in [0.15, 0.2) is 85.1 Å². The molecule has 154 valence electrons. The number of rotatable bonds is 4. The van der Waals surface area contributed by atoms with Crippen LogP contribution < -0.4 is 10.9 Å². The first kappa shape index (κ1) is 20.1. The summed E-state index contributed by atoms with van der Waals surface area (Å²) >= 11 is 0. The van der Waals surface area contributed by atoms with Crippen LogP contribution in [0.2, 0.25) is 0 Å². The van der Waals surface area contributed by atoms with E-state index in [1.54, 1.807) is 16.9 Å². The number of benzene rings is 3. The highest BCUT2D eigenvalue weighted by molar-refractivity contribution is 6.02. The standard InChI is InChI=1S/C25H22N4O2/c1-17-13-14-21(18(2)15-17)24(30)26-27-25(31)22-16-29(20-11-7-4-8-12-20)28-23(22)19-9-5-3-6-10-19/h3-16H,1-2H3,(H,26,30)(H,27,31). The lowest BCUT2D eigenvalue weighted by Gasteiger charge is -2.10. The lowest BCUT2D eigenvalue weighted by molar-refractivity contribution is 0.0846. The summed E-state index contributed by atoms with van der Waals surface area (Å²) in [5.74, 6) is -0.818. The molecule has 0 saturated carbocycles. The van der Waals surface area contributed by atoms with E-state index in [1.807, 2.05) is 86.6 Å². The van der Waals surface area contributed by atoms with Crippen LogP contribution in [0.3, 0.4) is 0 Å². The molecule has 0 fully saturated rings. The number of nitrogens with zero attached hydrogens (tertiary/aromatic N) is 2. The van der Waals surface area contributed by atoms with Crippen molar-refractivity contribution in [2.24, 2.45) is 0 Å². The van der Waals surface area contributed by atoms with Gasteiger partial charge in [0.15, 0.2) is 0 Å². The molecule has 1 heterocycles. The topological polar surface area (TPSA) is 76.0 Å². The fourth-order valence-electron chi connectivity index (χ4n) is 3.38. The van der Waals surface area contributed by atoms with E-state index < -0.39 is 5.91 Å². The van der Waals surface area contributed by atoms with Gasteiger partial charge in [-0.15, -0.1) is 0 Å². The molecule has 0 aliphatic carbocycles. The number of hydrogen-bond donors (Lipinski definition) is 2. The third kappa shape index (κ3) is 4.38. The first-order valence-corrected chi connectivity index (χ1v) is 9.91. The molecule has 0 saturated heterocycles. The van der Waals surface area contributed by atoms with Crippen LogP contribution in [0, 0.1) is 13.8 Å². The largest absolute Gasteiger partial charge is 0.273 e. The van der Waals surface area contributed by atoms with Gasteiger partial charge in [0.2, 0.25) is 0 Å². The molecule has 0 aliphatic rings. The molecular formula is C25H22N4O2. The van der Waals surface area contributed by atoms with E-state index in [4.69, 9.17) is 0 Å². The molecule has 6 nitrogen and oxygen atoms in total. The number of aryl methyl sites for hydroxylation is 2. The first-order chi connectivity index (χ1) is 15.0. The molecular weight excluding hydrogens is 388 g/mol. The summed E-state index contributed by atoms with van der Waals surface area (Å²) in [6.45, 7) is 3.83. The highest BCUT2D eigenvalue weighted by Gasteiger charge is 2.19. The smallest absolute Gasteiger partial charge is 0.267 e. The molecule has 1 aromatic heterocycles. The van der Waals surface area contributed by atoms with Gasteiger partial charge >= 0.3 is 0 Å². The second-order valence-electron chi connectivity index (χ2n) is 7.26. The van der Waals surface area contributed by atoms with Gasteiger partial charge < -0.3 is 0 Å². The van der Waals surface area contributed by atoms with Gasteiger partial charge in [0, 0.05) is 17.3 Å². The summed E-state index contributed by atoms with van der Waals surface area (Å²) < 4.78 is 1.66. The van der Waals surface area contributed by atoms with Crippen LogP contribution in [-0.4, -0.2) is 21.6 Å². The highest BCUT2D eigenvalue weighted by atomic mass is 16.2. The fourth-order valence-corrected chi connectivity index (χ4v) is 3.38. The minimum atomic E-state index is -0.445. The minimum absolute atomic E-state index is 0.357. The predicted molar refractivity (Wildman–Crippen MR) is 120 cm³/mol. The maximum Gasteiger partial charge on any atom is 0.273 e. The van der Waals surface area contributed by atoms with Gasteiger partial charge in [0.25, 0.3) is 11.8 Å². The van der Waals surface area contributed by atoms with E-state index in [2.05, 4.69) is 16.0 Å². The Morgan fingerprint density at radius 2 is 1.39 bits per heavy atom. The zero-order valence-corrected chi connectivity index (χ0v) is 17.3. The molecule has 2 N–H and O–H groups in total. The second-order valence-corrected chi connectivity index (χ2v) is 7.26. The van der Waals surface area contributed by atoms with Crippen LogP contribution in [0.25, 0.3) is 16.9 Å². The van der Waals surface area contributed by atoms with Gasteiger partial charge in [-0.1, -0.05) is 66.2 Å². The number of carbonyl (C=O) groups is 2. The Labute approximate surface area is 180 Å². The second kappa shape index (κ2) is 8.67. The van der Waals surface area contributed by atoms with Gasteiger partial charge in [-0.3, -0.25) is 20.4 Å². The summed E-state index contributed by atoms with van der Waals surface area (Å²) in [4.78, 5) is 25.5. The molecule has 0 radical (unpaired) electrons. The summed E-state index contributed by atoms with van der Waals surface area (Å²) in [6.07, 6.45) is 1.66. The number of carbonyl (C=O) groups excluding carboxylic acids is 2. The molecule has 4 aromatic rings. The first-order valence-electron chi connectivity index (χ1n) is 9.91. The van der Waals surface area contributed by atoms with Crippen LogP contribution in [0.5, 0.6) is 0 Å². The van der Waals surface area contributed by atoms with E-state index in [0.717, 1.165) is 22.4 Å². The van der Waals surface area contributed by atoms with Gasteiger partial charge in [-0.05, 0) is 37.6 Å². The Morgan fingerprint density at radius 3 is 2.03 bits per heavy atom. The quantitative estimate of drug-likeness (QED) is 0.494. The minimum Gasteiger partial charge on any atom is -0.267 e. The number of para-hydroxylation sites is 1. The fraction of sp³-hybridized carbons (Fsp3) is 0.0800. The maximum atomic E-state index is 13.0. The maximum absolute atomic E-state index is 13.0. The molecule has 31 heavy (non-hydrogen) atoms. The van der Waals surface area contributed by atoms with Crippen LogP contribution in [-0.2, 0) is 0 Å². The van der Waals surface area contributed by atoms with Crippen molar-refractivity contribution in [1.82, 2.24) is 20.6 Å². The molecule has 0 aliphatic heterocycles. The third-order valence-electron chi connectivity index (χ3n) is 4.94. The van der Waals surface area contributed by atoms with Crippen molar-refractivity contribution >= 4 is 11.8 Å². The summed E-state index contributed by atoms with van der Waals surface area (Å²) in [6, 6.07) is 24.5. The average Bonchev–Trinajstić information content (AvgIpc) is 3.24. The molecule has 6 heteroatoms. The van der Waals surface area contributed by atoms with E-state index in [1.165, 1.54) is 0 Å². The summed E-state index contributed by atoms with van der Waals surface area (Å²) in [5.41, 5.74) is 9.98. The molecule has 4 rings (SSSR count). The van der Waals surface area contributed by atoms with Crippen molar-refractivity contribution in [1.29, 1.82) is 0 Å². The van der Waals surface area contributed by atoms with Gasteiger partial charge in [0.1, 0.15) is 5.69 Å². The van der Waals surface area contributed by atoms with Crippen molar-refractivity contribution in [2.75, 3.05) is 0 Å². The third-order valence-corrected chi connectivity index (χ3v) is 4.94. The number of aromatic nitrogens is 2. The normalized spacial score (nSPS) is 10.5. The Kier molecular flexibility index (Phi) is 5.62. The van der Waals surface area contributed by atoms with Crippen molar-refractivity contribution in [3.05, 3.63) is 107 Å². The Morgan fingerprint density at radius 1 is 0.774 bits per heavy atom. The van der Waals surface area contributed by atoms with Gasteiger partial charge in [0.05, 0.1) is 11.3 Å². The molecule has 3 aromatic carbocycles. The molecule has 0 bridgehead atoms. The SMILES string of the molecule is Cc1ccc(C(=O)NNC(=O)c2cn(-c3ccccc3)nc2-c2ccccc2)c(C)c1. The monoisotopic (exact) mass is 410 g/mol. The molecule has 0 atom stereocenters. The van der Waals surface area contributed by atoms with Crippen LogP contribution >= 0.6 is 0 Å². The lowest BCUT2D eigenvalue weighted by atomic mass is 10.1. The van der Waals surface area contributed by atoms with Crippen LogP contribution in [0.4, 0.5) is 0 Å². The van der Waals surface area contributed by atoms with E-state index in [-0.39, 0.29) is 5.91 Å². The Balaban J connectivity index is 1.61. The summed E-state index contributed by atoms with van der Waals surface area (Å²) in [7, 11) is 0. The number of nitrogens with one attached hydrogen (secondary N) is 2. The Bertz CT molecular complexity index is 1230. The zero-order valence-electron chi connectivity index (χ0n) is 17.3. The van der Waals surface area contributed by atoms with Crippen LogP contribution in [0.1, 0.15) is 31.8 Å². The molecule has 2 amide bonds. The molecule has 0 spiro atoms. The van der Waals surface area contributed by atoms with Crippen molar-refractivity contribution < 1.29 is 9.59 Å².